The maximum absolute atomic E-state index is 7.80. The Kier molecular flexibility index (Phi) is 9.08. The Labute approximate surface area is 318 Å². The van der Waals surface area contributed by atoms with Crippen molar-refractivity contribution in [2.75, 3.05) is 75.8 Å². The third-order valence-electron chi connectivity index (χ3n) is 12.6. The minimum Gasteiger partial charge on any atom is -0.501 e. The molecule has 6 nitrogen and oxygen atoms in total. The molecule has 0 radical (unpaired) electrons. The summed E-state index contributed by atoms with van der Waals surface area (Å²) in [5, 5.41) is 2.46. The van der Waals surface area contributed by atoms with Crippen LogP contribution in [0.15, 0.2) is 95.1 Å². The van der Waals surface area contributed by atoms with Crippen LogP contribution in [-0.2, 0) is 25.2 Å². The van der Waals surface area contributed by atoms with Gasteiger partial charge < -0.3 is 28.7 Å². The number of hydrogen-bond acceptors (Lipinski definition) is 7. The standard InChI is InChI=1S/C46H50N2O4S/c1-5-45(6-2)39-10-8-7-9-35(39)42-37-29-40(48-23-27-51-28-24-48)41(53-4)30-38(37)44-36(43(42)45)19-20-46(52-44,32-13-17-34(49-3)18-14-32)31-11-15-33(16-12-31)47-21-25-50-26-22-47/h7-13,15-17,19-20,29-30H,5-6,14,18,21-28H2,1-4H3. The molecule has 0 bridgehead atoms. The van der Waals surface area contributed by atoms with Gasteiger partial charge in [0.1, 0.15) is 5.75 Å². The molecule has 5 aliphatic rings. The van der Waals surface area contributed by atoms with Gasteiger partial charge in [0.25, 0.3) is 0 Å². The summed E-state index contributed by atoms with van der Waals surface area (Å²) in [6, 6.07) is 23.2. The van der Waals surface area contributed by atoms with Crippen LogP contribution in [0.2, 0.25) is 0 Å². The first-order valence-electron chi connectivity index (χ1n) is 19.5. The van der Waals surface area contributed by atoms with Crippen molar-refractivity contribution in [3.63, 3.8) is 0 Å². The number of nitrogens with zero attached hydrogens (tertiary/aromatic N) is 2. The zero-order valence-corrected chi connectivity index (χ0v) is 32.3. The van der Waals surface area contributed by atoms with Crippen LogP contribution < -0.4 is 14.5 Å². The van der Waals surface area contributed by atoms with Crippen molar-refractivity contribution < 1.29 is 18.9 Å². The van der Waals surface area contributed by atoms with Gasteiger partial charge in [0, 0.05) is 65.1 Å². The second-order valence-electron chi connectivity index (χ2n) is 14.8. The Morgan fingerprint density at radius 3 is 2.19 bits per heavy atom. The zero-order valence-electron chi connectivity index (χ0n) is 31.5. The summed E-state index contributed by atoms with van der Waals surface area (Å²) < 4.78 is 25.0. The van der Waals surface area contributed by atoms with Crippen LogP contribution in [0.5, 0.6) is 5.75 Å². The summed E-state index contributed by atoms with van der Waals surface area (Å²) in [4.78, 5) is 6.20. The second-order valence-corrected chi connectivity index (χ2v) is 15.7. The van der Waals surface area contributed by atoms with E-state index in [0.717, 1.165) is 95.4 Å². The fraction of sp³-hybridized carbons (Fsp3) is 0.391. The lowest BCUT2D eigenvalue weighted by Gasteiger charge is -2.41. The molecule has 2 saturated heterocycles. The van der Waals surface area contributed by atoms with Gasteiger partial charge in [-0.1, -0.05) is 62.4 Å². The Hall–Kier alpha value is -4.17. The van der Waals surface area contributed by atoms with E-state index in [4.69, 9.17) is 18.9 Å². The molecular formula is C46H50N2O4S. The maximum Gasteiger partial charge on any atom is 0.174 e. The topological polar surface area (TPSA) is 43.4 Å². The number of anilines is 2. The Morgan fingerprint density at radius 2 is 1.53 bits per heavy atom. The monoisotopic (exact) mass is 726 g/mol. The third-order valence-corrected chi connectivity index (χ3v) is 13.4. The summed E-state index contributed by atoms with van der Waals surface area (Å²) in [5.74, 6) is 1.99. The van der Waals surface area contributed by atoms with Crippen LogP contribution in [-0.4, -0.2) is 66.0 Å². The molecule has 0 amide bonds. The van der Waals surface area contributed by atoms with Gasteiger partial charge in [-0.25, -0.2) is 0 Å². The van der Waals surface area contributed by atoms with Crippen LogP contribution in [0.1, 0.15) is 61.8 Å². The van der Waals surface area contributed by atoms with Gasteiger partial charge >= 0.3 is 0 Å². The van der Waals surface area contributed by atoms with Crippen molar-refractivity contribution in [1.82, 2.24) is 0 Å². The number of fused-ring (bicyclic) bond motifs is 8. The van der Waals surface area contributed by atoms with E-state index in [1.807, 2.05) is 11.8 Å². The van der Waals surface area contributed by atoms with Crippen molar-refractivity contribution in [2.24, 2.45) is 0 Å². The number of hydrogen-bond donors (Lipinski definition) is 0. The fourth-order valence-electron chi connectivity index (χ4n) is 9.74. The van der Waals surface area contributed by atoms with Crippen LogP contribution >= 0.6 is 11.8 Å². The summed E-state index contributed by atoms with van der Waals surface area (Å²) in [6.45, 7) is 11.4. The molecule has 2 aliphatic carbocycles. The molecule has 0 spiro atoms. The smallest absolute Gasteiger partial charge is 0.174 e. The van der Waals surface area contributed by atoms with Gasteiger partial charge in [0.15, 0.2) is 5.60 Å². The predicted octanol–water partition coefficient (Wildman–Crippen LogP) is 9.87. The van der Waals surface area contributed by atoms with Crippen LogP contribution in [0.3, 0.4) is 0 Å². The van der Waals surface area contributed by atoms with Crippen molar-refractivity contribution in [3.05, 3.63) is 112 Å². The van der Waals surface area contributed by atoms with Crippen LogP contribution in [0.4, 0.5) is 11.4 Å². The van der Waals surface area contributed by atoms with E-state index in [9.17, 15) is 0 Å². The molecule has 4 aromatic rings. The lowest BCUT2D eigenvalue weighted by molar-refractivity contribution is 0.122. The van der Waals surface area contributed by atoms with Gasteiger partial charge in [0.2, 0.25) is 0 Å². The van der Waals surface area contributed by atoms with Crippen LogP contribution in [0.25, 0.3) is 28.0 Å². The highest BCUT2D eigenvalue weighted by Crippen LogP contribution is 2.61. The van der Waals surface area contributed by atoms with E-state index >= 15 is 0 Å². The minimum absolute atomic E-state index is 0.116. The molecular weight excluding hydrogens is 677 g/mol. The van der Waals surface area contributed by atoms with Crippen molar-refractivity contribution >= 4 is 40.0 Å². The van der Waals surface area contributed by atoms with Gasteiger partial charge in [-0.3, -0.25) is 0 Å². The van der Waals surface area contributed by atoms with E-state index in [1.54, 1.807) is 7.11 Å². The van der Waals surface area contributed by atoms with Gasteiger partial charge in [0.05, 0.1) is 45.0 Å². The highest BCUT2D eigenvalue weighted by atomic mass is 32.2. The molecule has 4 aromatic carbocycles. The normalized spacial score (nSPS) is 21.7. The van der Waals surface area contributed by atoms with E-state index in [-0.39, 0.29) is 5.41 Å². The number of allylic oxidation sites excluding steroid dienone is 3. The predicted molar refractivity (Wildman–Crippen MR) is 219 cm³/mol. The number of morpholine rings is 2. The summed E-state index contributed by atoms with van der Waals surface area (Å²) in [5.41, 5.74) is 10.8. The van der Waals surface area contributed by atoms with E-state index in [1.165, 1.54) is 60.4 Å². The maximum atomic E-state index is 7.80. The Morgan fingerprint density at radius 1 is 0.811 bits per heavy atom. The molecule has 53 heavy (non-hydrogen) atoms. The molecule has 0 saturated carbocycles. The highest BCUT2D eigenvalue weighted by Gasteiger charge is 2.47. The Bertz CT molecular complexity index is 2140. The molecule has 9 rings (SSSR count). The number of methoxy groups -OCH3 is 1. The molecule has 7 heteroatoms. The highest BCUT2D eigenvalue weighted by molar-refractivity contribution is 7.98. The second kappa shape index (κ2) is 13.9. The van der Waals surface area contributed by atoms with E-state index in [0.29, 0.717) is 0 Å². The number of thioether (sulfide) groups is 1. The lowest BCUT2D eigenvalue weighted by Crippen LogP contribution is -2.38. The van der Waals surface area contributed by atoms with Gasteiger partial charge in [-0.2, -0.15) is 0 Å². The Balaban J connectivity index is 1.31. The first-order chi connectivity index (χ1) is 26.0. The molecule has 3 aliphatic heterocycles. The molecule has 1 atom stereocenters. The first-order valence-corrected chi connectivity index (χ1v) is 20.7. The fourth-order valence-corrected chi connectivity index (χ4v) is 10.4. The van der Waals surface area contributed by atoms with Crippen molar-refractivity contribution in [3.8, 4) is 16.9 Å². The third kappa shape index (κ3) is 5.45. The molecule has 0 N–H and O–H groups in total. The number of rotatable bonds is 8. The average Bonchev–Trinajstić information content (AvgIpc) is 3.54. The SMILES string of the molecule is CCC1(CC)c2ccccc2-c2c1c1c(c3cc(SC)c(N4CCOCC4)cc23)OC(C2=CC=C(OC)CC2)(c2ccc(N3CCOCC3)cc2)C=C1. The lowest BCUT2D eigenvalue weighted by atomic mass is 9.71. The molecule has 3 heterocycles. The molecule has 2 fully saturated rings. The zero-order chi connectivity index (χ0) is 36.2. The van der Waals surface area contributed by atoms with Gasteiger partial charge in [-0.15, -0.1) is 11.8 Å². The summed E-state index contributed by atoms with van der Waals surface area (Å²) in [7, 11) is 1.77. The van der Waals surface area contributed by atoms with Crippen molar-refractivity contribution in [2.45, 2.75) is 55.4 Å². The number of benzene rings is 4. The molecule has 0 aromatic heterocycles. The van der Waals surface area contributed by atoms with E-state index in [2.05, 4.69) is 115 Å². The molecule has 274 valence electrons. The van der Waals surface area contributed by atoms with Crippen molar-refractivity contribution in [1.29, 1.82) is 0 Å². The average molecular weight is 727 g/mol. The first kappa shape index (κ1) is 34.6. The number of ether oxygens (including phenoxy) is 4. The van der Waals surface area contributed by atoms with Gasteiger partial charge in [-0.05, 0) is 95.1 Å². The molecule has 1 unspecified atom stereocenters. The van der Waals surface area contributed by atoms with E-state index < -0.39 is 5.60 Å². The summed E-state index contributed by atoms with van der Waals surface area (Å²) in [6.07, 6.45) is 15.1. The quantitative estimate of drug-likeness (QED) is 0.168. The van der Waals surface area contributed by atoms with Crippen LogP contribution in [0, 0.1) is 0 Å². The minimum atomic E-state index is -0.775. The summed E-state index contributed by atoms with van der Waals surface area (Å²) >= 11 is 1.82. The largest absolute Gasteiger partial charge is 0.501 e.